The molecule has 1 N–H and O–H groups in total. The monoisotopic (exact) mass is 436 g/mol. The minimum absolute atomic E-state index is 0.243. The van der Waals surface area contributed by atoms with Crippen LogP contribution in [0.1, 0.15) is 0 Å². The molecular formula is C23H15Cl2FN4. The third kappa shape index (κ3) is 3.07. The number of aryl methyl sites for hydroxylation is 1. The number of nitrogens with one attached hydrogen (secondary N) is 1. The Bertz CT molecular complexity index is 1380. The molecule has 5 aromatic rings. The Morgan fingerprint density at radius 3 is 2.53 bits per heavy atom. The van der Waals surface area contributed by atoms with Gasteiger partial charge in [0.15, 0.2) is 0 Å². The summed E-state index contributed by atoms with van der Waals surface area (Å²) in [5, 5.41) is 0.852. The molecule has 0 aliphatic carbocycles. The lowest BCUT2D eigenvalue weighted by atomic mass is 10.1. The van der Waals surface area contributed by atoms with E-state index in [2.05, 4.69) is 9.97 Å². The number of halogens is 3. The number of imidazole rings is 2. The van der Waals surface area contributed by atoms with Gasteiger partial charge in [0.05, 0.1) is 32.3 Å². The maximum atomic E-state index is 14.2. The summed E-state index contributed by atoms with van der Waals surface area (Å²) < 4.78 is 16.2. The number of benzene rings is 3. The van der Waals surface area contributed by atoms with Crippen LogP contribution >= 0.6 is 23.2 Å². The summed E-state index contributed by atoms with van der Waals surface area (Å²) in [6.07, 6.45) is 1.71. The van der Waals surface area contributed by atoms with Gasteiger partial charge in [-0.2, -0.15) is 0 Å². The molecule has 0 radical (unpaired) electrons. The molecule has 2 aromatic heterocycles. The molecule has 4 nitrogen and oxygen atoms in total. The Morgan fingerprint density at radius 2 is 1.77 bits per heavy atom. The summed E-state index contributed by atoms with van der Waals surface area (Å²) in [4.78, 5) is 12.2. The van der Waals surface area contributed by atoms with E-state index in [9.17, 15) is 4.39 Å². The molecule has 0 amide bonds. The Hall–Kier alpha value is -3.15. The Labute approximate surface area is 181 Å². The average Bonchev–Trinajstić information content (AvgIpc) is 3.34. The first-order chi connectivity index (χ1) is 14.5. The maximum Gasteiger partial charge on any atom is 0.142 e. The van der Waals surface area contributed by atoms with E-state index >= 15 is 0 Å². The molecule has 0 unspecified atom stereocenters. The first-order valence-electron chi connectivity index (χ1n) is 9.24. The number of aromatic amines is 1. The number of fused-ring (bicyclic) bond motifs is 1. The maximum absolute atomic E-state index is 14.2. The molecular weight excluding hydrogens is 422 g/mol. The number of para-hydroxylation sites is 2. The summed E-state index contributed by atoms with van der Waals surface area (Å²) in [5.41, 5.74) is 4.46. The van der Waals surface area contributed by atoms with Crippen LogP contribution in [0.2, 0.25) is 10.0 Å². The zero-order valence-corrected chi connectivity index (χ0v) is 17.3. The van der Waals surface area contributed by atoms with Crippen molar-refractivity contribution in [2.75, 3.05) is 0 Å². The van der Waals surface area contributed by atoms with E-state index in [0.717, 1.165) is 28.0 Å². The molecule has 0 saturated heterocycles. The van der Waals surface area contributed by atoms with Crippen LogP contribution in [0.5, 0.6) is 0 Å². The first kappa shape index (κ1) is 18.9. The van der Waals surface area contributed by atoms with E-state index in [1.807, 2.05) is 54.1 Å². The normalized spacial score (nSPS) is 11.3. The van der Waals surface area contributed by atoms with Gasteiger partial charge in [-0.1, -0.05) is 47.5 Å². The van der Waals surface area contributed by atoms with Crippen molar-refractivity contribution >= 4 is 34.2 Å². The van der Waals surface area contributed by atoms with Gasteiger partial charge >= 0.3 is 0 Å². The Balaban J connectivity index is 1.54. The van der Waals surface area contributed by atoms with Crippen LogP contribution < -0.4 is 0 Å². The molecule has 0 aliphatic rings. The van der Waals surface area contributed by atoms with Crippen LogP contribution in [0.15, 0.2) is 66.9 Å². The van der Waals surface area contributed by atoms with E-state index in [4.69, 9.17) is 28.2 Å². The minimum atomic E-state index is -0.432. The zero-order valence-electron chi connectivity index (χ0n) is 15.8. The highest BCUT2D eigenvalue weighted by Crippen LogP contribution is 2.34. The molecule has 3 aromatic carbocycles. The number of rotatable bonds is 3. The first-order valence-corrected chi connectivity index (χ1v) is 10.00. The number of aromatic nitrogens is 4. The zero-order chi connectivity index (χ0) is 20.8. The molecule has 0 fully saturated rings. The van der Waals surface area contributed by atoms with Crippen LogP contribution in [-0.4, -0.2) is 19.5 Å². The SMILES string of the molecule is Cn1c(-c2ccc(-c3c[nH]c(-c4c(F)cccc4Cl)n3)cc2Cl)nc2ccccc21. The van der Waals surface area contributed by atoms with Gasteiger partial charge in [-0.3, -0.25) is 0 Å². The van der Waals surface area contributed by atoms with E-state index in [1.54, 1.807) is 18.3 Å². The lowest BCUT2D eigenvalue weighted by Gasteiger charge is -2.07. The highest BCUT2D eigenvalue weighted by Gasteiger charge is 2.16. The predicted molar refractivity (Wildman–Crippen MR) is 119 cm³/mol. The fourth-order valence-corrected chi connectivity index (χ4v) is 4.08. The van der Waals surface area contributed by atoms with Crippen LogP contribution in [-0.2, 0) is 7.05 Å². The molecule has 0 spiro atoms. The van der Waals surface area contributed by atoms with Gasteiger partial charge in [0.2, 0.25) is 0 Å². The highest BCUT2D eigenvalue weighted by atomic mass is 35.5. The lowest BCUT2D eigenvalue weighted by molar-refractivity contribution is 0.630. The van der Waals surface area contributed by atoms with Crippen LogP contribution in [0.4, 0.5) is 4.39 Å². The standard InChI is InChI=1S/C23H15Cl2FN4/c1-30-20-8-3-2-7-18(20)29-23(30)14-10-9-13(11-16(14)25)19-12-27-22(28-19)21-15(24)5-4-6-17(21)26/h2-12H,1H3,(H,27,28). The van der Waals surface area contributed by atoms with Crippen molar-refractivity contribution in [3.05, 3.63) is 82.7 Å². The van der Waals surface area contributed by atoms with Crippen molar-refractivity contribution in [1.82, 2.24) is 19.5 Å². The van der Waals surface area contributed by atoms with E-state index in [-0.39, 0.29) is 5.56 Å². The van der Waals surface area contributed by atoms with Crippen LogP contribution in [0, 0.1) is 5.82 Å². The van der Waals surface area contributed by atoms with Crippen molar-refractivity contribution in [2.24, 2.45) is 7.05 Å². The largest absolute Gasteiger partial charge is 0.344 e. The lowest BCUT2D eigenvalue weighted by Crippen LogP contribution is -1.93. The van der Waals surface area contributed by atoms with E-state index < -0.39 is 5.82 Å². The third-order valence-corrected chi connectivity index (χ3v) is 5.70. The minimum Gasteiger partial charge on any atom is -0.344 e. The number of hydrogen-bond donors (Lipinski definition) is 1. The topological polar surface area (TPSA) is 46.5 Å². The molecule has 0 bridgehead atoms. The number of hydrogen-bond acceptors (Lipinski definition) is 2. The quantitative estimate of drug-likeness (QED) is 0.340. The van der Waals surface area contributed by atoms with Gasteiger partial charge < -0.3 is 9.55 Å². The molecule has 0 saturated carbocycles. The van der Waals surface area contributed by atoms with Gasteiger partial charge in [0, 0.05) is 24.4 Å². The highest BCUT2D eigenvalue weighted by molar-refractivity contribution is 6.33. The van der Waals surface area contributed by atoms with Gasteiger partial charge in [-0.15, -0.1) is 0 Å². The average molecular weight is 437 g/mol. The molecule has 5 rings (SSSR count). The second kappa shape index (κ2) is 7.27. The van der Waals surface area contributed by atoms with Crippen molar-refractivity contribution in [2.45, 2.75) is 0 Å². The number of nitrogens with zero attached hydrogens (tertiary/aromatic N) is 3. The second-order valence-electron chi connectivity index (χ2n) is 6.91. The summed E-state index contributed by atoms with van der Waals surface area (Å²) >= 11 is 12.8. The summed E-state index contributed by atoms with van der Waals surface area (Å²) in [7, 11) is 1.97. The second-order valence-corrected chi connectivity index (χ2v) is 7.72. The fourth-order valence-electron chi connectivity index (χ4n) is 3.56. The molecule has 0 aliphatic heterocycles. The van der Waals surface area contributed by atoms with Crippen LogP contribution in [0.25, 0.3) is 45.1 Å². The molecule has 148 valence electrons. The molecule has 0 atom stereocenters. The van der Waals surface area contributed by atoms with E-state index in [1.165, 1.54) is 6.07 Å². The van der Waals surface area contributed by atoms with Gasteiger partial charge in [0.25, 0.3) is 0 Å². The van der Waals surface area contributed by atoms with E-state index in [0.29, 0.717) is 21.6 Å². The molecule has 30 heavy (non-hydrogen) atoms. The molecule has 2 heterocycles. The predicted octanol–water partition coefficient (Wildman–Crippen LogP) is 6.74. The molecule has 7 heteroatoms. The van der Waals surface area contributed by atoms with Gasteiger partial charge in [-0.25, -0.2) is 14.4 Å². The third-order valence-electron chi connectivity index (χ3n) is 5.07. The summed E-state index contributed by atoms with van der Waals surface area (Å²) in [6, 6.07) is 18.1. The summed E-state index contributed by atoms with van der Waals surface area (Å²) in [6.45, 7) is 0. The van der Waals surface area contributed by atoms with Crippen LogP contribution in [0.3, 0.4) is 0 Å². The van der Waals surface area contributed by atoms with Gasteiger partial charge in [0.1, 0.15) is 17.5 Å². The fraction of sp³-hybridized carbons (Fsp3) is 0.0435. The Morgan fingerprint density at radius 1 is 0.933 bits per heavy atom. The van der Waals surface area contributed by atoms with Crippen molar-refractivity contribution in [3.63, 3.8) is 0 Å². The van der Waals surface area contributed by atoms with Crippen molar-refractivity contribution < 1.29 is 4.39 Å². The summed E-state index contributed by atoms with van der Waals surface area (Å²) in [5.74, 6) is 0.718. The van der Waals surface area contributed by atoms with Crippen molar-refractivity contribution in [1.29, 1.82) is 0 Å². The smallest absolute Gasteiger partial charge is 0.142 e. The van der Waals surface area contributed by atoms with Crippen molar-refractivity contribution in [3.8, 4) is 34.0 Å². The Kier molecular flexibility index (Phi) is 4.57. The van der Waals surface area contributed by atoms with Gasteiger partial charge in [-0.05, 0) is 36.4 Å². The number of H-pyrrole nitrogens is 1.